The summed E-state index contributed by atoms with van der Waals surface area (Å²) in [6.07, 6.45) is 0.475. The highest BCUT2D eigenvalue weighted by Crippen LogP contribution is 2.33. The maximum Gasteiger partial charge on any atom is 0.227 e. The molecule has 1 atom stereocenters. The van der Waals surface area contributed by atoms with Gasteiger partial charge in [0.1, 0.15) is 5.82 Å². The number of halogens is 3. The van der Waals surface area contributed by atoms with Crippen molar-refractivity contribution in [1.82, 2.24) is 0 Å². The summed E-state index contributed by atoms with van der Waals surface area (Å²) in [6, 6.07) is 2.79. The van der Waals surface area contributed by atoms with E-state index in [0.717, 1.165) is 5.33 Å². The van der Waals surface area contributed by atoms with Gasteiger partial charge in [0.05, 0.1) is 15.8 Å². The molecule has 0 aromatic heterocycles. The molecule has 2 N–H and O–H groups in total. The SMILES string of the molecule is Nc1cc(Br)c(F)cc1N1CC(CBr)CC1=O. The van der Waals surface area contributed by atoms with Crippen LogP contribution in [0, 0.1) is 11.7 Å². The highest BCUT2D eigenvalue weighted by atomic mass is 79.9. The molecule has 1 amide bonds. The number of alkyl halides is 1. The third-order valence-corrected chi connectivity index (χ3v) is 4.31. The second kappa shape index (κ2) is 4.94. The van der Waals surface area contributed by atoms with Gasteiger partial charge in [0, 0.05) is 24.4 Å². The molecule has 1 aliphatic heterocycles. The van der Waals surface area contributed by atoms with Gasteiger partial charge >= 0.3 is 0 Å². The summed E-state index contributed by atoms with van der Waals surface area (Å²) in [5.41, 5.74) is 6.68. The highest BCUT2D eigenvalue weighted by Gasteiger charge is 2.31. The zero-order valence-electron chi connectivity index (χ0n) is 8.92. The van der Waals surface area contributed by atoms with E-state index in [1.807, 2.05) is 0 Å². The molecule has 1 saturated heterocycles. The first-order valence-electron chi connectivity index (χ1n) is 5.13. The van der Waals surface area contributed by atoms with Crippen LogP contribution in [0.3, 0.4) is 0 Å². The number of nitrogen functional groups attached to an aromatic ring is 1. The molecule has 1 aromatic carbocycles. The number of anilines is 2. The van der Waals surface area contributed by atoms with Crippen molar-refractivity contribution in [1.29, 1.82) is 0 Å². The van der Waals surface area contributed by atoms with E-state index in [1.165, 1.54) is 12.1 Å². The molecular weight excluding hydrogens is 355 g/mol. The number of benzene rings is 1. The van der Waals surface area contributed by atoms with Crippen molar-refractivity contribution in [3.05, 3.63) is 22.4 Å². The van der Waals surface area contributed by atoms with Crippen LogP contribution < -0.4 is 10.6 Å². The fraction of sp³-hybridized carbons (Fsp3) is 0.364. The van der Waals surface area contributed by atoms with Gasteiger partial charge < -0.3 is 10.6 Å². The Hall–Kier alpha value is -0.620. The van der Waals surface area contributed by atoms with Crippen LogP contribution in [0.2, 0.25) is 0 Å². The second-order valence-electron chi connectivity index (χ2n) is 4.05. The van der Waals surface area contributed by atoms with Gasteiger partial charge in [-0.2, -0.15) is 0 Å². The Bertz CT molecular complexity index is 467. The van der Waals surface area contributed by atoms with Crippen LogP contribution in [-0.4, -0.2) is 17.8 Å². The molecule has 1 aliphatic rings. The minimum atomic E-state index is -0.413. The molecule has 0 bridgehead atoms. The number of amides is 1. The van der Waals surface area contributed by atoms with Gasteiger partial charge in [-0.25, -0.2) is 4.39 Å². The summed E-state index contributed by atoms with van der Waals surface area (Å²) < 4.78 is 13.8. The van der Waals surface area contributed by atoms with Crippen LogP contribution in [0.4, 0.5) is 15.8 Å². The number of carbonyl (C=O) groups is 1. The highest BCUT2D eigenvalue weighted by molar-refractivity contribution is 9.10. The lowest BCUT2D eigenvalue weighted by molar-refractivity contribution is -0.117. The molecule has 0 saturated carbocycles. The zero-order valence-corrected chi connectivity index (χ0v) is 12.1. The first kappa shape index (κ1) is 12.8. The third-order valence-electron chi connectivity index (χ3n) is 2.78. The summed E-state index contributed by atoms with van der Waals surface area (Å²) in [5, 5.41) is 0.758. The van der Waals surface area contributed by atoms with Gasteiger partial charge in [0.25, 0.3) is 0 Å². The van der Waals surface area contributed by atoms with Crippen LogP contribution in [0.25, 0.3) is 0 Å². The average molecular weight is 366 g/mol. The third kappa shape index (κ3) is 2.47. The largest absolute Gasteiger partial charge is 0.397 e. The van der Waals surface area contributed by atoms with E-state index in [0.29, 0.717) is 28.8 Å². The lowest BCUT2D eigenvalue weighted by Crippen LogP contribution is -2.25. The molecule has 0 spiro atoms. The van der Waals surface area contributed by atoms with Crippen molar-refractivity contribution < 1.29 is 9.18 Å². The summed E-state index contributed by atoms with van der Waals surface area (Å²) in [6.45, 7) is 0.579. The van der Waals surface area contributed by atoms with Crippen LogP contribution in [-0.2, 0) is 4.79 Å². The van der Waals surface area contributed by atoms with Crippen LogP contribution in [0.1, 0.15) is 6.42 Å². The van der Waals surface area contributed by atoms with E-state index in [1.54, 1.807) is 4.90 Å². The molecule has 1 fully saturated rings. The number of rotatable bonds is 2. The van der Waals surface area contributed by atoms with Crippen molar-refractivity contribution >= 4 is 49.1 Å². The van der Waals surface area contributed by atoms with Crippen molar-refractivity contribution in [2.24, 2.45) is 5.92 Å². The molecule has 1 unspecified atom stereocenters. The monoisotopic (exact) mass is 364 g/mol. The normalized spacial score (nSPS) is 20.1. The van der Waals surface area contributed by atoms with Crippen molar-refractivity contribution in [3.63, 3.8) is 0 Å². The van der Waals surface area contributed by atoms with E-state index >= 15 is 0 Å². The van der Waals surface area contributed by atoms with Gasteiger partial charge in [-0.15, -0.1) is 0 Å². The Kier molecular flexibility index (Phi) is 3.73. The fourth-order valence-corrected chi connectivity index (χ4v) is 2.70. The number of hydrogen-bond donors (Lipinski definition) is 1. The van der Waals surface area contributed by atoms with Gasteiger partial charge in [0.2, 0.25) is 5.91 Å². The molecule has 17 heavy (non-hydrogen) atoms. The Labute approximate surface area is 115 Å². The quantitative estimate of drug-likeness (QED) is 0.647. The molecule has 6 heteroatoms. The molecule has 92 valence electrons. The smallest absolute Gasteiger partial charge is 0.227 e. The fourth-order valence-electron chi connectivity index (χ4n) is 1.90. The lowest BCUT2D eigenvalue weighted by Gasteiger charge is -2.19. The van der Waals surface area contributed by atoms with Gasteiger partial charge in [-0.05, 0) is 27.9 Å². The van der Waals surface area contributed by atoms with Gasteiger partial charge in [-0.1, -0.05) is 15.9 Å². The zero-order chi connectivity index (χ0) is 12.6. The Morgan fingerprint density at radius 3 is 2.82 bits per heavy atom. The summed E-state index contributed by atoms with van der Waals surface area (Å²) >= 11 is 6.42. The predicted molar refractivity (Wildman–Crippen MR) is 72.8 cm³/mol. The molecule has 2 rings (SSSR count). The molecule has 1 heterocycles. The maximum absolute atomic E-state index is 13.5. The molecule has 3 nitrogen and oxygen atoms in total. The van der Waals surface area contributed by atoms with Crippen molar-refractivity contribution in [2.75, 3.05) is 22.5 Å². The van der Waals surface area contributed by atoms with E-state index in [9.17, 15) is 9.18 Å². The standard InChI is InChI=1S/C11H11Br2FN2O/c12-4-6-1-11(17)16(5-6)10-3-8(14)7(13)2-9(10)15/h2-3,6H,1,4-5,15H2. The van der Waals surface area contributed by atoms with Crippen LogP contribution >= 0.6 is 31.9 Å². The van der Waals surface area contributed by atoms with Gasteiger partial charge in [0.15, 0.2) is 0 Å². The van der Waals surface area contributed by atoms with E-state index < -0.39 is 5.82 Å². The van der Waals surface area contributed by atoms with Crippen molar-refractivity contribution in [2.45, 2.75) is 6.42 Å². The van der Waals surface area contributed by atoms with E-state index in [-0.39, 0.29) is 11.8 Å². The summed E-state index contributed by atoms with van der Waals surface area (Å²) in [5.74, 6) is -0.166. The lowest BCUT2D eigenvalue weighted by atomic mass is 10.2. The van der Waals surface area contributed by atoms with Crippen LogP contribution in [0.5, 0.6) is 0 Å². The van der Waals surface area contributed by atoms with Gasteiger partial charge in [-0.3, -0.25) is 4.79 Å². The Morgan fingerprint density at radius 1 is 1.53 bits per heavy atom. The molecule has 1 aromatic rings. The first-order valence-corrected chi connectivity index (χ1v) is 7.05. The van der Waals surface area contributed by atoms with Crippen LogP contribution in [0.15, 0.2) is 16.6 Å². The number of nitrogens with two attached hydrogens (primary N) is 1. The Morgan fingerprint density at radius 2 is 2.24 bits per heavy atom. The number of nitrogens with zero attached hydrogens (tertiary/aromatic N) is 1. The van der Waals surface area contributed by atoms with E-state index in [2.05, 4.69) is 31.9 Å². The summed E-state index contributed by atoms with van der Waals surface area (Å²) in [7, 11) is 0. The number of carbonyl (C=O) groups excluding carboxylic acids is 1. The van der Waals surface area contributed by atoms with E-state index in [4.69, 9.17) is 5.73 Å². The first-order chi connectivity index (χ1) is 8.02. The number of hydrogen-bond acceptors (Lipinski definition) is 2. The average Bonchev–Trinajstić information content (AvgIpc) is 2.65. The second-order valence-corrected chi connectivity index (χ2v) is 5.56. The summed E-state index contributed by atoms with van der Waals surface area (Å²) in [4.78, 5) is 13.4. The molecular formula is C11H11Br2FN2O. The predicted octanol–water partition coefficient (Wildman–Crippen LogP) is 2.92. The Balaban J connectivity index is 2.35. The minimum absolute atomic E-state index is 0.0112. The van der Waals surface area contributed by atoms with Crippen molar-refractivity contribution in [3.8, 4) is 0 Å². The molecule has 0 radical (unpaired) electrons. The maximum atomic E-state index is 13.5. The topological polar surface area (TPSA) is 46.3 Å². The molecule has 0 aliphatic carbocycles. The minimum Gasteiger partial charge on any atom is -0.397 e.